The number of likely N-dealkylation sites (N-methyl/N-ethyl adjacent to an activating group) is 1. The second kappa shape index (κ2) is 7.87. The van der Waals surface area contributed by atoms with Gasteiger partial charge in [0.25, 0.3) is 0 Å². The number of nitrogens with one attached hydrogen (secondary N) is 2. The van der Waals surface area contributed by atoms with Crippen LogP contribution in [0.3, 0.4) is 0 Å². The fraction of sp³-hybridized carbons (Fsp3) is 0.211. The lowest BCUT2D eigenvalue weighted by Gasteiger charge is -2.24. The maximum absolute atomic E-state index is 12.2. The summed E-state index contributed by atoms with van der Waals surface area (Å²) in [6.07, 6.45) is 0. The van der Waals surface area contributed by atoms with Crippen molar-refractivity contribution in [2.75, 3.05) is 26.0 Å². The van der Waals surface area contributed by atoms with Crippen molar-refractivity contribution >= 4 is 44.7 Å². The molecule has 2 aromatic carbocycles. The molecule has 2 amide bonds. The van der Waals surface area contributed by atoms with Gasteiger partial charge >= 0.3 is 6.03 Å². The number of carbonyl (C=O) groups is 1. The molecule has 0 aliphatic rings. The maximum atomic E-state index is 12.2. The average Bonchev–Trinajstić information content (AvgIpc) is 3.01. The number of urea groups is 1. The van der Waals surface area contributed by atoms with E-state index < -0.39 is 0 Å². The molecule has 3 rings (SSSR count). The minimum atomic E-state index is -0.264. The SMILES string of the molecule is CN(C)C(CNC(=O)Nc1ccccc1Cl)c1csc2ccccc12. The van der Waals surface area contributed by atoms with Crippen LogP contribution in [0.1, 0.15) is 11.6 Å². The molecule has 1 aromatic heterocycles. The molecular weight excluding hydrogens is 354 g/mol. The lowest BCUT2D eigenvalue weighted by atomic mass is 10.0. The number of fused-ring (bicyclic) bond motifs is 1. The van der Waals surface area contributed by atoms with Gasteiger partial charge in [-0.15, -0.1) is 11.3 Å². The summed E-state index contributed by atoms with van der Waals surface area (Å²) < 4.78 is 1.25. The van der Waals surface area contributed by atoms with Crippen molar-refractivity contribution in [1.29, 1.82) is 0 Å². The van der Waals surface area contributed by atoms with Gasteiger partial charge in [0, 0.05) is 11.2 Å². The maximum Gasteiger partial charge on any atom is 0.319 e. The third-order valence-corrected chi connectivity index (χ3v) is 5.38. The molecule has 0 saturated heterocycles. The van der Waals surface area contributed by atoms with Crippen molar-refractivity contribution in [1.82, 2.24) is 10.2 Å². The van der Waals surface area contributed by atoms with Crippen molar-refractivity contribution in [2.45, 2.75) is 6.04 Å². The second-order valence-electron chi connectivity index (χ2n) is 5.98. The van der Waals surface area contributed by atoms with Gasteiger partial charge in [-0.05, 0) is 48.6 Å². The van der Waals surface area contributed by atoms with Gasteiger partial charge in [-0.25, -0.2) is 4.79 Å². The van der Waals surface area contributed by atoms with E-state index in [1.54, 1.807) is 23.5 Å². The number of carbonyl (C=O) groups excluding carboxylic acids is 1. The molecule has 4 nitrogen and oxygen atoms in total. The van der Waals surface area contributed by atoms with Crippen LogP contribution >= 0.6 is 22.9 Å². The minimum Gasteiger partial charge on any atom is -0.336 e. The van der Waals surface area contributed by atoms with Gasteiger partial charge in [0.05, 0.1) is 16.8 Å². The Morgan fingerprint density at radius 2 is 1.88 bits per heavy atom. The number of anilines is 1. The first-order chi connectivity index (χ1) is 12.1. The zero-order chi connectivity index (χ0) is 17.8. The number of amides is 2. The Bertz CT molecular complexity index is 878. The zero-order valence-electron chi connectivity index (χ0n) is 14.1. The highest BCUT2D eigenvalue weighted by Gasteiger charge is 2.19. The molecule has 1 heterocycles. The molecule has 0 spiro atoms. The normalized spacial score (nSPS) is 12.3. The van der Waals surface area contributed by atoms with Crippen LogP contribution in [-0.2, 0) is 0 Å². The summed E-state index contributed by atoms with van der Waals surface area (Å²) in [4.78, 5) is 14.3. The lowest BCUT2D eigenvalue weighted by Crippen LogP contribution is -2.36. The van der Waals surface area contributed by atoms with E-state index in [2.05, 4.69) is 33.0 Å². The average molecular weight is 374 g/mol. The highest BCUT2D eigenvalue weighted by molar-refractivity contribution is 7.17. The van der Waals surface area contributed by atoms with Crippen molar-refractivity contribution in [3.63, 3.8) is 0 Å². The Kier molecular flexibility index (Phi) is 5.58. The molecule has 130 valence electrons. The first-order valence-electron chi connectivity index (χ1n) is 7.98. The number of hydrogen-bond acceptors (Lipinski definition) is 3. The summed E-state index contributed by atoms with van der Waals surface area (Å²) >= 11 is 7.80. The fourth-order valence-corrected chi connectivity index (χ4v) is 3.94. The Morgan fingerprint density at radius 1 is 1.16 bits per heavy atom. The van der Waals surface area contributed by atoms with Crippen LogP contribution in [0.4, 0.5) is 10.5 Å². The summed E-state index contributed by atoms with van der Waals surface area (Å²) in [5.74, 6) is 0. The van der Waals surface area contributed by atoms with Gasteiger partial charge in [-0.1, -0.05) is 41.9 Å². The standard InChI is InChI=1S/C19H20ClN3OS/c1-23(2)17(14-12-25-18-10-6-3-7-13(14)18)11-21-19(24)22-16-9-5-4-8-15(16)20/h3-10,12,17H,11H2,1-2H3,(H2,21,22,24). The zero-order valence-corrected chi connectivity index (χ0v) is 15.7. The molecular formula is C19H20ClN3OS. The van der Waals surface area contributed by atoms with Crippen LogP contribution in [0.5, 0.6) is 0 Å². The van der Waals surface area contributed by atoms with E-state index in [0.29, 0.717) is 17.3 Å². The van der Waals surface area contributed by atoms with Crippen LogP contribution in [0.15, 0.2) is 53.9 Å². The van der Waals surface area contributed by atoms with Crippen LogP contribution in [0.2, 0.25) is 5.02 Å². The first-order valence-corrected chi connectivity index (χ1v) is 9.24. The van der Waals surface area contributed by atoms with E-state index in [1.807, 2.05) is 38.4 Å². The Labute approximate surface area is 156 Å². The molecule has 0 fully saturated rings. The molecule has 0 aliphatic heterocycles. The second-order valence-corrected chi connectivity index (χ2v) is 7.30. The molecule has 1 unspecified atom stereocenters. The molecule has 3 aromatic rings. The van der Waals surface area contributed by atoms with Crippen molar-refractivity contribution in [3.8, 4) is 0 Å². The summed E-state index contributed by atoms with van der Waals surface area (Å²) in [6.45, 7) is 0.504. The van der Waals surface area contributed by atoms with E-state index in [-0.39, 0.29) is 12.1 Å². The van der Waals surface area contributed by atoms with E-state index in [1.165, 1.54) is 15.6 Å². The van der Waals surface area contributed by atoms with Gasteiger partial charge in [-0.2, -0.15) is 0 Å². The Hall–Kier alpha value is -2.08. The highest BCUT2D eigenvalue weighted by Crippen LogP contribution is 2.32. The van der Waals surface area contributed by atoms with Gasteiger partial charge in [0.2, 0.25) is 0 Å². The van der Waals surface area contributed by atoms with E-state index in [0.717, 1.165) is 0 Å². The summed E-state index contributed by atoms with van der Waals surface area (Å²) in [7, 11) is 4.04. The van der Waals surface area contributed by atoms with E-state index in [4.69, 9.17) is 11.6 Å². The number of benzene rings is 2. The predicted octanol–water partition coefficient (Wildman–Crippen LogP) is 4.98. The third kappa shape index (κ3) is 4.12. The Balaban J connectivity index is 1.70. The van der Waals surface area contributed by atoms with Gasteiger partial charge in [0.15, 0.2) is 0 Å². The first kappa shape index (κ1) is 17.7. The molecule has 2 N–H and O–H groups in total. The quantitative estimate of drug-likeness (QED) is 0.662. The minimum absolute atomic E-state index is 0.0909. The summed E-state index contributed by atoms with van der Waals surface area (Å²) in [5.41, 5.74) is 1.83. The number of halogens is 1. The number of nitrogens with zero attached hydrogens (tertiary/aromatic N) is 1. The number of rotatable bonds is 5. The fourth-order valence-electron chi connectivity index (χ4n) is 2.75. The smallest absolute Gasteiger partial charge is 0.319 e. The van der Waals surface area contributed by atoms with Crippen LogP contribution in [0, 0.1) is 0 Å². The van der Waals surface area contributed by atoms with Crippen molar-refractivity contribution in [3.05, 3.63) is 64.5 Å². The Morgan fingerprint density at radius 3 is 2.64 bits per heavy atom. The molecule has 1 atom stereocenters. The molecule has 25 heavy (non-hydrogen) atoms. The van der Waals surface area contributed by atoms with E-state index in [9.17, 15) is 4.79 Å². The van der Waals surface area contributed by atoms with Gasteiger partial charge in [-0.3, -0.25) is 0 Å². The van der Waals surface area contributed by atoms with Crippen LogP contribution in [0.25, 0.3) is 10.1 Å². The number of hydrogen-bond donors (Lipinski definition) is 2. The van der Waals surface area contributed by atoms with Gasteiger partial charge < -0.3 is 15.5 Å². The highest BCUT2D eigenvalue weighted by atomic mass is 35.5. The topological polar surface area (TPSA) is 44.4 Å². The largest absolute Gasteiger partial charge is 0.336 e. The molecule has 6 heteroatoms. The summed E-state index contributed by atoms with van der Waals surface area (Å²) in [5, 5.41) is 9.66. The third-order valence-electron chi connectivity index (χ3n) is 4.07. The lowest BCUT2D eigenvalue weighted by molar-refractivity contribution is 0.243. The molecule has 0 radical (unpaired) electrons. The number of para-hydroxylation sites is 1. The van der Waals surface area contributed by atoms with Crippen molar-refractivity contribution < 1.29 is 4.79 Å². The van der Waals surface area contributed by atoms with E-state index >= 15 is 0 Å². The number of thiophene rings is 1. The predicted molar refractivity (Wildman–Crippen MR) is 107 cm³/mol. The molecule has 0 saturated carbocycles. The van der Waals surface area contributed by atoms with Crippen molar-refractivity contribution in [2.24, 2.45) is 0 Å². The van der Waals surface area contributed by atoms with Gasteiger partial charge in [0.1, 0.15) is 0 Å². The molecule has 0 aliphatic carbocycles. The summed E-state index contributed by atoms with van der Waals surface area (Å²) in [6, 6.07) is 15.3. The molecule has 0 bridgehead atoms. The monoisotopic (exact) mass is 373 g/mol. The van der Waals surface area contributed by atoms with Crippen LogP contribution < -0.4 is 10.6 Å². The van der Waals surface area contributed by atoms with Crippen LogP contribution in [-0.4, -0.2) is 31.6 Å².